The molecule has 0 aliphatic carbocycles. The molecule has 1 saturated heterocycles. The Balaban J connectivity index is 1.70. The molecule has 2 aromatic rings. The van der Waals surface area contributed by atoms with Gasteiger partial charge in [0.25, 0.3) is 0 Å². The third-order valence-electron chi connectivity index (χ3n) is 4.69. The van der Waals surface area contributed by atoms with E-state index in [2.05, 4.69) is 66.1 Å². The molecular formula is C20H26N2O. The first-order chi connectivity index (χ1) is 11.3. The molecule has 122 valence electrons. The van der Waals surface area contributed by atoms with Crippen LogP contribution in [0, 0.1) is 0 Å². The van der Waals surface area contributed by atoms with Crippen molar-refractivity contribution in [2.24, 2.45) is 0 Å². The van der Waals surface area contributed by atoms with Gasteiger partial charge in [0.05, 0.1) is 7.11 Å². The van der Waals surface area contributed by atoms with Gasteiger partial charge in [0.2, 0.25) is 0 Å². The van der Waals surface area contributed by atoms with Crippen molar-refractivity contribution in [1.29, 1.82) is 0 Å². The normalized spacial score (nSPS) is 20.6. The van der Waals surface area contributed by atoms with Crippen molar-refractivity contribution in [2.75, 3.05) is 13.7 Å². The summed E-state index contributed by atoms with van der Waals surface area (Å²) in [4.78, 5) is 0. The van der Waals surface area contributed by atoms with Crippen molar-refractivity contribution < 1.29 is 4.74 Å². The summed E-state index contributed by atoms with van der Waals surface area (Å²) >= 11 is 0. The van der Waals surface area contributed by atoms with Gasteiger partial charge < -0.3 is 15.4 Å². The van der Waals surface area contributed by atoms with E-state index in [1.165, 1.54) is 16.7 Å². The van der Waals surface area contributed by atoms with Crippen molar-refractivity contribution in [1.82, 2.24) is 10.6 Å². The molecule has 3 heteroatoms. The van der Waals surface area contributed by atoms with Crippen LogP contribution in [0.15, 0.2) is 48.5 Å². The van der Waals surface area contributed by atoms with Crippen molar-refractivity contribution in [3.63, 3.8) is 0 Å². The number of benzene rings is 2. The first-order valence-corrected chi connectivity index (χ1v) is 8.49. The molecule has 0 spiro atoms. The molecule has 3 nitrogen and oxygen atoms in total. The molecule has 3 rings (SSSR count). The molecule has 0 bridgehead atoms. The maximum atomic E-state index is 5.52. The summed E-state index contributed by atoms with van der Waals surface area (Å²) in [5, 5.41) is 7.35. The predicted molar refractivity (Wildman–Crippen MR) is 94.8 cm³/mol. The summed E-state index contributed by atoms with van der Waals surface area (Å²) < 4.78 is 5.52. The largest absolute Gasteiger partial charge is 0.496 e. The number of ether oxygens (including phenoxy) is 1. The van der Waals surface area contributed by atoms with E-state index < -0.39 is 0 Å². The monoisotopic (exact) mass is 310 g/mol. The van der Waals surface area contributed by atoms with Gasteiger partial charge >= 0.3 is 0 Å². The molecule has 1 aliphatic rings. The lowest BCUT2D eigenvalue weighted by molar-refractivity contribution is 0.401. The lowest BCUT2D eigenvalue weighted by Crippen LogP contribution is -2.34. The molecule has 23 heavy (non-hydrogen) atoms. The van der Waals surface area contributed by atoms with E-state index in [0.29, 0.717) is 12.1 Å². The summed E-state index contributed by atoms with van der Waals surface area (Å²) in [5.41, 5.74) is 3.95. The second-order valence-corrected chi connectivity index (χ2v) is 6.12. The van der Waals surface area contributed by atoms with Gasteiger partial charge in [0, 0.05) is 24.2 Å². The third kappa shape index (κ3) is 3.74. The van der Waals surface area contributed by atoms with Gasteiger partial charge in [-0.15, -0.1) is 0 Å². The fraction of sp³-hybridized carbons (Fsp3) is 0.400. The van der Waals surface area contributed by atoms with E-state index in [9.17, 15) is 0 Å². The molecule has 1 fully saturated rings. The van der Waals surface area contributed by atoms with Crippen LogP contribution in [0.25, 0.3) is 0 Å². The Kier molecular flexibility index (Phi) is 5.31. The first-order valence-electron chi connectivity index (χ1n) is 8.49. The number of methoxy groups -OCH3 is 1. The Hall–Kier alpha value is -1.84. The smallest absolute Gasteiger partial charge is 0.123 e. The van der Waals surface area contributed by atoms with Crippen molar-refractivity contribution in [2.45, 2.75) is 38.4 Å². The van der Waals surface area contributed by atoms with Crippen LogP contribution in [0.1, 0.15) is 36.1 Å². The molecule has 0 saturated carbocycles. The van der Waals surface area contributed by atoms with Crippen LogP contribution < -0.4 is 15.4 Å². The number of nitrogens with one attached hydrogen (secondary N) is 2. The zero-order valence-electron chi connectivity index (χ0n) is 14.0. The van der Waals surface area contributed by atoms with Crippen molar-refractivity contribution in [3.05, 3.63) is 65.2 Å². The van der Waals surface area contributed by atoms with E-state index in [1.807, 2.05) is 0 Å². The zero-order chi connectivity index (χ0) is 16.1. The van der Waals surface area contributed by atoms with Crippen LogP contribution in [0.3, 0.4) is 0 Å². The summed E-state index contributed by atoms with van der Waals surface area (Å²) in [6.45, 7) is 4.08. The minimum atomic E-state index is 0.386. The molecule has 2 atom stereocenters. The van der Waals surface area contributed by atoms with Crippen molar-refractivity contribution in [3.8, 4) is 5.75 Å². The average molecular weight is 310 g/mol. The number of rotatable bonds is 6. The maximum absolute atomic E-state index is 5.52. The molecule has 2 aromatic carbocycles. The Labute approximate surface area is 139 Å². The second kappa shape index (κ2) is 7.62. The van der Waals surface area contributed by atoms with Gasteiger partial charge in [-0.25, -0.2) is 0 Å². The van der Waals surface area contributed by atoms with Crippen molar-refractivity contribution >= 4 is 0 Å². The molecule has 0 aromatic heterocycles. The molecule has 2 N–H and O–H groups in total. The highest BCUT2D eigenvalue weighted by atomic mass is 16.5. The number of aryl methyl sites for hydroxylation is 1. The van der Waals surface area contributed by atoms with E-state index in [0.717, 1.165) is 31.7 Å². The summed E-state index contributed by atoms with van der Waals surface area (Å²) in [5.74, 6) is 0.969. The fourth-order valence-corrected chi connectivity index (χ4v) is 3.36. The van der Waals surface area contributed by atoms with Gasteiger partial charge in [0.15, 0.2) is 0 Å². The van der Waals surface area contributed by atoms with Gasteiger partial charge in [-0.1, -0.05) is 49.4 Å². The highest BCUT2D eigenvalue weighted by Crippen LogP contribution is 2.25. The molecule has 0 unspecified atom stereocenters. The zero-order valence-corrected chi connectivity index (χ0v) is 14.0. The Bertz CT molecular complexity index is 627. The average Bonchev–Trinajstić information content (AvgIpc) is 3.09. The van der Waals surface area contributed by atoms with Crippen LogP contribution in [-0.2, 0) is 13.0 Å². The van der Waals surface area contributed by atoms with Crippen LogP contribution in [0.4, 0.5) is 0 Å². The molecule has 0 radical (unpaired) electrons. The van der Waals surface area contributed by atoms with Crippen LogP contribution in [-0.4, -0.2) is 19.7 Å². The fourth-order valence-electron chi connectivity index (χ4n) is 3.36. The minimum absolute atomic E-state index is 0.386. The number of hydrogen-bond acceptors (Lipinski definition) is 3. The molecule has 0 amide bonds. The summed E-state index contributed by atoms with van der Waals surface area (Å²) in [6.07, 6.45) is 2.20. The van der Waals surface area contributed by atoms with E-state index in [1.54, 1.807) is 7.11 Å². The molecule has 1 heterocycles. The predicted octanol–water partition coefficient (Wildman–Crippen LogP) is 3.45. The lowest BCUT2D eigenvalue weighted by Gasteiger charge is -2.22. The van der Waals surface area contributed by atoms with Gasteiger partial charge in [-0.05, 0) is 36.6 Å². The second-order valence-electron chi connectivity index (χ2n) is 6.12. The SMILES string of the molecule is CCc1ccc(OC)c(CN[C@H]2CCN[C@H]2c2ccccc2)c1. The summed E-state index contributed by atoms with van der Waals surface area (Å²) in [7, 11) is 1.74. The third-order valence-corrected chi connectivity index (χ3v) is 4.69. The van der Waals surface area contributed by atoms with E-state index >= 15 is 0 Å². The highest BCUT2D eigenvalue weighted by molar-refractivity contribution is 5.37. The number of hydrogen-bond donors (Lipinski definition) is 2. The van der Waals surface area contributed by atoms with Gasteiger partial charge in [-0.3, -0.25) is 0 Å². The first kappa shape index (κ1) is 16.0. The molecule has 1 aliphatic heterocycles. The minimum Gasteiger partial charge on any atom is -0.496 e. The quantitative estimate of drug-likeness (QED) is 0.857. The lowest BCUT2D eigenvalue weighted by atomic mass is 10.0. The molecular weight excluding hydrogens is 284 g/mol. The van der Waals surface area contributed by atoms with Crippen LogP contribution in [0.2, 0.25) is 0 Å². The van der Waals surface area contributed by atoms with E-state index in [-0.39, 0.29) is 0 Å². The topological polar surface area (TPSA) is 33.3 Å². The summed E-state index contributed by atoms with van der Waals surface area (Å²) in [6, 6.07) is 18.0. The van der Waals surface area contributed by atoms with Crippen LogP contribution >= 0.6 is 0 Å². The van der Waals surface area contributed by atoms with Gasteiger partial charge in [0.1, 0.15) is 5.75 Å². The standard InChI is InChI=1S/C20H26N2O/c1-3-15-9-10-19(23-2)17(13-15)14-22-18-11-12-21-20(18)16-7-5-4-6-8-16/h4-10,13,18,20-22H,3,11-12,14H2,1-2H3/t18-,20-/m0/s1. The Morgan fingerprint density at radius 1 is 1.17 bits per heavy atom. The maximum Gasteiger partial charge on any atom is 0.123 e. The highest BCUT2D eigenvalue weighted by Gasteiger charge is 2.27. The van der Waals surface area contributed by atoms with Crippen LogP contribution in [0.5, 0.6) is 5.75 Å². The van der Waals surface area contributed by atoms with E-state index in [4.69, 9.17) is 4.74 Å². The van der Waals surface area contributed by atoms with Gasteiger partial charge in [-0.2, -0.15) is 0 Å². The Morgan fingerprint density at radius 2 is 2.00 bits per heavy atom. The Morgan fingerprint density at radius 3 is 2.74 bits per heavy atom.